The second kappa shape index (κ2) is 5.60. The first-order chi connectivity index (χ1) is 9.85. The van der Waals surface area contributed by atoms with Crippen LogP contribution in [0.1, 0.15) is 22.3 Å². The molecule has 1 aliphatic heterocycles. The van der Waals surface area contributed by atoms with Crippen LogP contribution < -0.4 is 9.03 Å². The predicted octanol–water partition coefficient (Wildman–Crippen LogP) is 0.738. The summed E-state index contributed by atoms with van der Waals surface area (Å²) >= 11 is 0. The molecule has 0 spiro atoms. The monoisotopic (exact) mass is 314 g/mol. The van der Waals surface area contributed by atoms with E-state index in [1.54, 1.807) is 4.72 Å². The van der Waals surface area contributed by atoms with Crippen LogP contribution in [-0.4, -0.2) is 39.2 Å². The molecule has 0 atom stereocenters. The maximum absolute atomic E-state index is 12.1. The number of carbonyl (C=O) groups is 2. The van der Waals surface area contributed by atoms with Crippen molar-refractivity contribution in [2.45, 2.75) is 12.8 Å². The van der Waals surface area contributed by atoms with Crippen LogP contribution >= 0.6 is 0 Å². The quantitative estimate of drug-likeness (QED) is 0.850. The van der Waals surface area contributed by atoms with E-state index >= 15 is 0 Å². The molecule has 0 aromatic heterocycles. The number of carbonyl (C=O) groups excluding carboxylic acids is 1. The highest BCUT2D eigenvalue weighted by molar-refractivity contribution is 7.91. The standard InChI is InChI=1S/C12H14N2O6S/c1-20-12(17)13-21(18,19)14-6-2-3-8-7-9(11(15)16)4-5-10(8)14/h4-5,7H,2-3,6H2,1H3,(H,13,17)(H,15,16). The van der Waals surface area contributed by atoms with Gasteiger partial charge < -0.3 is 9.84 Å². The summed E-state index contributed by atoms with van der Waals surface area (Å²) in [5.74, 6) is -1.08. The predicted molar refractivity (Wildman–Crippen MR) is 73.5 cm³/mol. The zero-order valence-electron chi connectivity index (χ0n) is 11.2. The minimum Gasteiger partial charge on any atom is -0.478 e. The summed E-state index contributed by atoms with van der Waals surface area (Å²) in [6.07, 6.45) is 0.0167. The SMILES string of the molecule is COC(=O)NS(=O)(=O)N1CCCc2cc(C(=O)O)ccc21. The van der Waals surface area contributed by atoms with Crippen molar-refractivity contribution in [3.8, 4) is 0 Å². The minimum absolute atomic E-state index is 0.0916. The van der Waals surface area contributed by atoms with Crippen molar-refractivity contribution in [1.29, 1.82) is 0 Å². The van der Waals surface area contributed by atoms with Gasteiger partial charge in [0.25, 0.3) is 0 Å². The Morgan fingerprint density at radius 1 is 1.38 bits per heavy atom. The third-order valence-electron chi connectivity index (χ3n) is 3.09. The van der Waals surface area contributed by atoms with Crippen LogP contribution in [0.5, 0.6) is 0 Å². The summed E-state index contributed by atoms with van der Waals surface area (Å²) in [6, 6.07) is 4.19. The Balaban J connectivity index is 2.38. The van der Waals surface area contributed by atoms with Gasteiger partial charge in [-0.25, -0.2) is 14.3 Å². The maximum Gasteiger partial charge on any atom is 0.422 e. The van der Waals surface area contributed by atoms with E-state index in [4.69, 9.17) is 5.11 Å². The third-order valence-corrected chi connectivity index (χ3v) is 4.47. The molecule has 0 fully saturated rings. The number of carboxylic acids is 1. The molecule has 2 rings (SSSR count). The van der Waals surface area contributed by atoms with Gasteiger partial charge in [-0.2, -0.15) is 8.42 Å². The number of anilines is 1. The zero-order valence-corrected chi connectivity index (χ0v) is 12.0. The number of hydrogen-bond donors (Lipinski definition) is 2. The Hall–Kier alpha value is -2.29. The highest BCUT2D eigenvalue weighted by atomic mass is 32.2. The van der Waals surface area contributed by atoms with E-state index in [0.717, 1.165) is 11.4 Å². The normalized spacial score (nSPS) is 14.2. The summed E-state index contributed by atoms with van der Waals surface area (Å²) in [7, 11) is -3.02. The van der Waals surface area contributed by atoms with Crippen molar-refractivity contribution in [1.82, 2.24) is 4.72 Å². The van der Waals surface area contributed by atoms with Crippen LogP contribution in [-0.2, 0) is 21.4 Å². The van der Waals surface area contributed by atoms with Gasteiger partial charge in [-0.15, -0.1) is 0 Å². The van der Waals surface area contributed by atoms with Crippen LogP contribution in [0.3, 0.4) is 0 Å². The number of nitrogens with one attached hydrogen (secondary N) is 1. The second-order valence-corrected chi connectivity index (χ2v) is 6.02. The van der Waals surface area contributed by atoms with Gasteiger partial charge in [0.1, 0.15) is 0 Å². The number of aromatic carboxylic acids is 1. The van der Waals surface area contributed by atoms with Gasteiger partial charge in [0.2, 0.25) is 0 Å². The fourth-order valence-electron chi connectivity index (χ4n) is 2.15. The molecule has 9 heteroatoms. The van der Waals surface area contributed by atoms with E-state index in [1.165, 1.54) is 18.2 Å². The zero-order chi connectivity index (χ0) is 15.6. The van der Waals surface area contributed by atoms with Crippen LogP contribution in [0.2, 0.25) is 0 Å². The average molecular weight is 314 g/mol. The largest absolute Gasteiger partial charge is 0.478 e. The number of fused-ring (bicyclic) bond motifs is 1. The molecule has 8 nitrogen and oxygen atoms in total. The molecule has 0 aliphatic carbocycles. The van der Waals surface area contributed by atoms with Crippen LogP contribution in [0, 0.1) is 0 Å². The molecule has 0 radical (unpaired) electrons. The molecular weight excluding hydrogens is 300 g/mol. The van der Waals surface area contributed by atoms with Crippen LogP contribution in [0.25, 0.3) is 0 Å². The molecule has 0 saturated carbocycles. The number of benzene rings is 1. The van der Waals surface area contributed by atoms with Gasteiger partial charge in [0, 0.05) is 6.54 Å². The lowest BCUT2D eigenvalue weighted by Gasteiger charge is -2.30. The number of methoxy groups -OCH3 is 1. The van der Waals surface area contributed by atoms with Gasteiger partial charge >= 0.3 is 22.3 Å². The Kier molecular flexibility index (Phi) is 4.03. The van der Waals surface area contributed by atoms with Crippen LogP contribution in [0.15, 0.2) is 18.2 Å². The summed E-state index contributed by atoms with van der Waals surface area (Å²) < 4.78 is 31.4. The Labute approximate surface area is 121 Å². The van der Waals surface area contributed by atoms with Crippen molar-refractivity contribution in [2.24, 2.45) is 0 Å². The highest BCUT2D eigenvalue weighted by Gasteiger charge is 2.29. The van der Waals surface area contributed by atoms with E-state index < -0.39 is 22.3 Å². The molecule has 0 saturated heterocycles. The van der Waals surface area contributed by atoms with E-state index in [2.05, 4.69) is 4.74 Å². The fourth-order valence-corrected chi connectivity index (χ4v) is 3.36. The number of ether oxygens (including phenoxy) is 1. The molecule has 1 aliphatic rings. The van der Waals surface area contributed by atoms with Crippen molar-refractivity contribution in [3.63, 3.8) is 0 Å². The summed E-state index contributed by atoms with van der Waals surface area (Å²) in [5.41, 5.74) is 1.06. The number of aryl methyl sites for hydroxylation is 1. The average Bonchev–Trinajstić information content (AvgIpc) is 2.45. The van der Waals surface area contributed by atoms with Crippen molar-refractivity contribution >= 4 is 28.0 Å². The summed E-state index contributed by atoms with van der Waals surface area (Å²) in [5, 5.41) is 8.96. The molecule has 1 aromatic carbocycles. The van der Waals surface area contributed by atoms with Crippen molar-refractivity contribution in [2.75, 3.05) is 18.0 Å². The first-order valence-electron chi connectivity index (χ1n) is 6.10. The van der Waals surface area contributed by atoms with Crippen LogP contribution in [0.4, 0.5) is 10.5 Å². The molecule has 2 N–H and O–H groups in total. The van der Waals surface area contributed by atoms with E-state index in [1.807, 2.05) is 0 Å². The van der Waals surface area contributed by atoms with Gasteiger partial charge in [0.05, 0.1) is 18.4 Å². The fraction of sp³-hybridized carbons (Fsp3) is 0.333. The molecule has 0 bridgehead atoms. The van der Waals surface area contributed by atoms with Gasteiger partial charge in [0.15, 0.2) is 0 Å². The molecule has 114 valence electrons. The Morgan fingerprint density at radius 2 is 2.10 bits per heavy atom. The molecule has 21 heavy (non-hydrogen) atoms. The molecule has 1 aromatic rings. The van der Waals surface area contributed by atoms with Crippen molar-refractivity contribution in [3.05, 3.63) is 29.3 Å². The summed E-state index contributed by atoms with van der Waals surface area (Å²) in [4.78, 5) is 22.1. The van der Waals surface area contributed by atoms with Gasteiger partial charge in [-0.3, -0.25) is 4.31 Å². The van der Waals surface area contributed by atoms with E-state index in [9.17, 15) is 18.0 Å². The van der Waals surface area contributed by atoms with E-state index in [0.29, 0.717) is 24.1 Å². The van der Waals surface area contributed by atoms with E-state index in [-0.39, 0.29) is 12.1 Å². The maximum atomic E-state index is 12.1. The number of carboxylic acid groups (broad SMARTS) is 1. The smallest absolute Gasteiger partial charge is 0.422 e. The lowest BCUT2D eigenvalue weighted by molar-refractivity contribution is 0.0696. The number of amides is 1. The highest BCUT2D eigenvalue weighted by Crippen LogP contribution is 2.29. The van der Waals surface area contributed by atoms with Gasteiger partial charge in [-0.05, 0) is 36.6 Å². The molecule has 1 amide bonds. The first kappa shape index (κ1) is 15.1. The summed E-state index contributed by atoms with van der Waals surface area (Å²) in [6.45, 7) is 0.200. The minimum atomic E-state index is -4.08. The number of rotatable bonds is 3. The second-order valence-electron chi connectivity index (χ2n) is 4.42. The lowest BCUT2D eigenvalue weighted by atomic mass is 10.0. The Bertz CT molecular complexity index is 685. The Morgan fingerprint density at radius 3 is 2.71 bits per heavy atom. The third kappa shape index (κ3) is 3.07. The topological polar surface area (TPSA) is 113 Å². The molecule has 0 unspecified atom stereocenters. The molecular formula is C12H14N2O6S. The van der Waals surface area contributed by atoms with Crippen molar-refractivity contribution < 1.29 is 27.9 Å². The molecule has 1 heterocycles. The first-order valence-corrected chi connectivity index (χ1v) is 7.54. The number of nitrogens with zero attached hydrogens (tertiary/aromatic N) is 1. The van der Waals surface area contributed by atoms with Gasteiger partial charge in [-0.1, -0.05) is 0 Å². The lowest BCUT2D eigenvalue weighted by Crippen LogP contribution is -2.45. The number of hydrogen-bond acceptors (Lipinski definition) is 5.